The summed E-state index contributed by atoms with van der Waals surface area (Å²) in [7, 11) is 0. The second-order valence-corrected chi connectivity index (χ2v) is 5.79. The maximum atomic E-state index is 5.40. The smallest absolute Gasteiger partial charge is 0.163 e. The van der Waals surface area contributed by atoms with Gasteiger partial charge in [-0.05, 0) is 26.0 Å². The largest absolute Gasteiger partial charge is 0.354 e. The van der Waals surface area contributed by atoms with E-state index < -0.39 is 0 Å². The third kappa shape index (κ3) is 3.33. The van der Waals surface area contributed by atoms with E-state index in [1.807, 2.05) is 19.1 Å². The predicted molar refractivity (Wildman–Crippen MR) is 92.2 cm³/mol. The molecule has 0 atom stereocenters. The summed E-state index contributed by atoms with van der Waals surface area (Å²) < 4.78 is 0. The molecular formula is C18H21N5. The van der Waals surface area contributed by atoms with Crippen LogP contribution in [-0.2, 0) is 0 Å². The minimum atomic E-state index is 0.719. The number of hydrogen-bond acceptors (Lipinski definition) is 5. The van der Waals surface area contributed by atoms with Gasteiger partial charge >= 0.3 is 0 Å². The molecule has 0 aromatic carbocycles. The number of aryl methyl sites for hydroxylation is 1. The van der Waals surface area contributed by atoms with E-state index in [9.17, 15) is 0 Å². The summed E-state index contributed by atoms with van der Waals surface area (Å²) >= 11 is 0. The third-order valence-electron chi connectivity index (χ3n) is 4.27. The minimum Gasteiger partial charge on any atom is -0.354 e. The van der Waals surface area contributed by atoms with E-state index >= 15 is 0 Å². The Morgan fingerprint density at radius 3 is 2.61 bits per heavy atom. The average molecular weight is 307 g/mol. The number of anilines is 1. The molecule has 118 valence electrons. The van der Waals surface area contributed by atoms with Crippen LogP contribution in [0.4, 0.5) is 5.82 Å². The lowest BCUT2D eigenvalue weighted by molar-refractivity contribution is 0.287. The average Bonchev–Trinajstić information content (AvgIpc) is 2.59. The summed E-state index contributed by atoms with van der Waals surface area (Å²) in [5.74, 6) is 4.48. The summed E-state index contributed by atoms with van der Waals surface area (Å²) in [4.78, 5) is 18.2. The Morgan fingerprint density at radius 1 is 1.17 bits per heavy atom. The quantitative estimate of drug-likeness (QED) is 0.811. The second kappa shape index (κ2) is 6.76. The first-order valence-electron chi connectivity index (χ1n) is 7.85. The van der Waals surface area contributed by atoms with Crippen LogP contribution in [0.2, 0.25) is 0 Å². The first-order chi connectivity index (χ1) is 11.2. The molecule has 0 bridgehead atoms. The van der Waals surface area contributed by atoms with E-state index in [0.29, 0.717) is 0 Å². The summed E-state index contributed by atoms with van der Waals surface area (Å²) in [6.07, 6.45) is 8.97. The van der Waals surface area contributed by atoms with Crippen molar-refractivity contribution in [3.63, 3.8) is 0 Å². The molecule has 0 unspecified atom stereocenters. The number of nitrogens with zero attached hydrogens (tertiary/aromatic N) is 5. The number of pyridine rings is 1. The Bertz CT molecular complexity index is 712. The van der Waals surface area contributed by atoms with Crippen LogP contribution in [0.5, 0.6) is 0 Å². The lowest BCUT2D eigenvalue weighted by atomic mass is 10.2. The molecule has 0 amide bonds. The van der Waals surface area contributed by atoms with E-state index in [4.69, 9.17) is 11.4 Å². The molecule has 1 aliphatic rings. The van der Waals surface area contributed by atoms with E-state index in [-0.39, 0.29) is 0 Å². The van der Waals surface area contributed by atoms with Crippen molar-refractivity contribution in [1.29, 1.82) is 0 Å². The number of terminal acetylenes is 1. The van der Waals surface area contributed by atoms with Crippen LogP contribution in [0.15, 0.2) is 24.5 Å². The Labute approximate surface area is 137 Å². The molecule has 5 nitrogen and oxygen atoms in total. The molecule has 5 heteroatoms. The molecule has 23 heavy (non-hydrogen) atoms. The van der Waals surface area contributed by atoms with Crippen molar-refractivity contribution < 1.29 is 0 Å². The van der Waals surface area contributed by atoms with Gasteiger partial charge in [-0.25, -0.2) is 9.97 Å². The molecule has 3 heterocycles. The third-order valence-corrected chi connectivity index (χ3v) is 4.27. The van der Waals surface area contributed by atoms with Gasteiger partial charge in [0.2, 0.25) is 0 Å². The predicted octanol–water partition coefficient (Wildman–Crippen LogP) is 1.91. The highest BCUT2D eigenvalue weighted by Gasteiger charge is 2.21. The fourth-order valence-corrected chi connectivity index (χ4v) is 2.79. The molecule has 1 fully saturated rings. The van der Waals surface area contributed by atoms with Gasteiger partial charge in [-0.2, -0.15) is 0 Å². The topological polar surface area (TPSA) is 45.2 Å². The Balaban J connectivity index is 1.88. The standard InChI is InChI=1S/C18H21N5/c1-4-8-22-9-11-23(12-10-22)18-14(2)15(3)20-17(21-18)16-6-5-7-19-13-16/h1,5-7,13H,8-12H2,2-3H3. The highest BCUT2D eigenvalue weighted by Crippen LogP contribution is 2.24. The van der Waals surface area contributed by atoms with Gasteiger partial charge in [-0.3, -0.25) is 9.88 Å². The Kier molecular flexibility index (Phi) is 4.54. The fraction of sp³-hybridized carbons (Fsp3) is 0.389. The van der Waals surface area contributed by atoms with Gasteiger partial charge in [0.1, 0.15) is 5.82 Å². The molecule has 0 spiro atoms. The van der Waals surface area contributed by atoms with Crippen LogP contribution in [-0.4, -0.2) is 52.6 Å². The normalized spacial score (nSPS) is 15.4. The Hall–Kier alpha value is -2.45. The monoisotopic (exact) mass is 307 g/mol. The van der Waals surface area contributed by atoms with Crippen LogP contribution in [0.25, 0.3) is 11.4 Å². The van der Waals surface area contributed by atoms with E-state index in [0.717, 1.165) is 61.2 Å². The zero-order valence-electron chi connectivity index (χ0n) is 13.7. The second-order valence-electron chi connectivity index (χ2n) is 5.79. The minimum absolute atomic E-state index is 0.719. The fourth-order valence-electron chi connectivity index (χ4n) is 2.79. The maximum Gasteiger partial charge on any atom is 0.163 e. The first kappa shape index (κ1) is 15.4. The SMILES string of the molecule is C#CCN1CCN(c2nc(-c3cccnc3)nc(C)c2C)CC1. The van der Waals surface area contributed by atoms with Gasteiger partial charge in [0.05, 0.1) is 6.54 Å². The van der Waals surface area contributed by atoms with Crippen molar-refractivity contribution in [1.82, 2.24) is 19.9 Å². The number of aromatic nitrogens is 3. The van der Waals surface area contributed by atoms with Crippen LogP contribution in [0.3, 0.4) is 0 Å². The lowest BCUT2D eigenvalue weighted by Gasteiger charge is -2.35. The zero-order chi connectivity index (χ0) is 16.2. The molecule has 1 saturated heterocycles. The van der Waals surface area contributed by atoms with Gasteiger partial charge in [0.15, 0.2) is 5.82 Å². The molecule has 0 radical (unpaired) electrons. The van der Waals surface area contributed by atoms with E-state index in [2.05, 4.69) is 32.6 Å². The van der Waals surface area contributed by atoms with Crippen LogP contribution in [0, 0.1) is 26.2 Å². The molecule has 0 saturated carbocycles. The molecule has 2 aromatic rings. The van der Waals surface area contributed by atoms with Gasteiger partial charge < -0.3 is 4.90 Å². The van der Waals surface area contributed by atoms with Gasteiger partial charge in [0, 0.05) is 55.4 Å². The van der Waals surface area contributed by atoms with Crippen molar-refractivity contribution in [2.24, 2.45) is 0 Å². The molecule has 0 aliphatic carbocycles. The summed E-state index contributed by atoms with van der Waals surface area (Å²) in [5.41, 5.74) is 3.10. The van der Waals surface area contributed by atoms with Gasteiger partial charge in [-0.1, -0.05) is 5.92 Å². The highest BCUT2D eigenvalue weighted by molar-refractivity contribution is 5.59. The Morgan fingerprint density at radius 2 is 1.96 bits per heavy atom. The van der Waals surface area contributed by atoms with Crippen molar-refractivity contribution in [3.8, 4) is 23.7 Å². The van der Waals surface area contributed by atoms with Crippen LogP contribution >= 0.6 is 0 Å². The summed E-state index contributed by atoms with van der Waals surface area (Å²) in [6.45, 7) is 8.65. The highest BCUT2D eigenvalue weighted by atomic mass is 15.3. The van der Waals surface area contributed by atoms with E-state index in [1.54, 1.807) is 12.4 Å². The summed E-state index contributed by atoms with van der Waals surface area (Å²) in [5, 5.41) is 0. The van der Waals surface area contributed by atoms with Gasteiger partial charge in [-0.15, -0.1) is 6.42 Å². The molecule has 1 aliphatic heterocycles. The number of piperazine rings is 1. The maximum absolute atomic E-state index is 5.40. The van der Waals surface area contributed by atoms with Crippen LogP contribution in [0.1, 0.15) is 11.3 Å². The molecular weight excluding hydrogens is 286 g/mol. The van der Waals surface area contributed by atoms with Crippen molar-refractivity contribution >= 4 is 5.82 Å². The number of rotatable bonds is 3. The number of hydrogen-bond donors (Lipinski definition) is 0. The lowest BCUT2D eigenvalue weighted by Crippen LogP contribution is -2.47. The van der Waals surface area contributed by atoms with Crippen LogP contribution < -0.4 is 4.90 Å². The first-order valence-corrected chi connectivity index (χ1v) is 7.85. The molecule has 0 N–H and O–H groups in total. The van der Waals surface area contributed by atoms with Crippen molar-refractivity contribution in [2.45, 2.75) is 13.8 Å². The molecule has 3 rings (SSSR count). The van der Waals surface area contributed by atoms with Gasteiger partial charge in [0.25, 0.3) is 0 Å². The zero-order valence-corrected chi connectivity index (χ0v) is 13.7. The van der Waals surface area contributed by atoms with E-state index in [1.165, 1.54) is 0 Å². The van der Waals surface area contributed by atoms with Crippen molar-refractivity contribution in [2.75, 3.05) is 37.6 Å². The van der Waals surface area contributed by atoms with Crippen molar-refractivity contribution in [3.05, 3.63) is 35.8 Å². The summed E-state index contributed by atoms with van der Waals surface area (Å²) in [6, 6.07) is 3.90. The molecule has 2 aromatic heterocycles.